The predicted octanol–water partition coefficient (Wildman–Crippen LogP) is 1.59. The minimum Gasteiger partial charge on any atom is -0.367 e. The quantitative estimate of drug-likeness (QED) is 0.612. The molecule has 1 fully saturated rings. The number of nitrogens with zero attached hydrogens (tertiary/aromatic N) is 1. The summed E-state index contributed by atoms with van der Waals surface area (Å²) < 4.78 is 5.57. The molecule has 2 aliphatic heterocycles. The molecule has 0 spiro atoms. The van der Waals surface area contributed by atoms with E-state index >= 15 is 0 Å². The lowest BCUT2D eigenvalue weighted by Crippen LogP contribution is -2.40. The lowest BCUT2D eigenvalue weighted by Gasteiger charge is -2.25. The molecule has 21 heavy (non-hydrogen) atoms. The number of carbonyl (C=O) groups is 3. The Hall–Kier alpha value is -2.01. The highest BCUT2D eigenvalue weighted by molar-refractivity contribution is 6.11. The highest BCUT2D eigenvalue weighted by Gasteiger charge is 2.39. The molecule has 1 saturated heterocycles. The summed E-state index contributed by atoms with van der Waals surface area (Å²) in [5, 5.41) is 0. The van der Waals surface area contributed by atoms with Crippen LogP contribution in [0.5, 0.6) is 0 Å². The minimum atomic E-state index is -0.798. The van der Waals surface area contributed by atoms with E-state index in [0.717, 1.165) is 11.3 Å². The molecule has 110 valence electrons. The zero-order valence-electron chi connectivity index (χ0n) is 12.1. The highest BCUT2D eigenvalue weighted by atomic mass is 16.5. The van der Waals surface area contributed by atoms with E-state index in [0.29, 0.717) is 29.7 Å². The molecule has 2 heterocycles. The van der Waals surface area contributed by atoms with Crippen molar-refractivity contribution in [3.8, 4) is 0 Å². The van der Waals surface area contributed by atoms with Crippen molar-refractivity contribution in [3.63, 3.8) is 0 Å². The summed E-state index contributed by atoms with van der Waals surface area (Å²) in [6, 6.07) is 4.97. The number of likely N-dealkylation sites (N-methyl/N-ethyl adjacent to an activating group) is 1. The van der Waals surface area contributed by atoms with E-state index in [1.54, 1.807) is 25.1 Å². The van der Waals surface area contributed by atoms with E-state index in [9.17, 15) is 14.4 Å². The van der Waals surface area contributed by atoms with E-state index in [1.807, 2.05) is 0 Å². The zero-order valence-corrected chi connectivity index (χ0v) is 12.1. The number of amides is 2. The van der Waals surface area contributed by atoms with Gasteiger partial charge >= 0.3 is 0 Å². The van der Waals surface area contributed by atoms with Crippen molar-refractivity contribution in [2.75, 3.05) is 13.7 Å². The molecule has 1 aromatic carbocycles. The molecule has 0 aliphatic carbocycles. The van der Waals surface area contributed by atoms with Crippen LogP contribution in [0.2, 0.25) is 0 Å². The molecule has 0 bridgehead atoms. The maximum atomic E-state index is 12.6. The predicted molar refractivity (Wildman–Crippen MR) is 75.2 cm³/mol. The number of carbonyl (C=O) groups excluding carboxylic acids is 3. The summed E-state index contributed by atoms with van der Waals surface area (Å²) in [6.07, 6.45) is 1.75. The SMILES string of the molecule is CN1C(=O)Cc2ccc(C(=O)C3(C)CCCO3)cc2C1=O. The molecule has 5 heteroatoms. The van der Waals surface area contributed by atoms with Crippen LogP contribution in [-0.4, -0.2) is 41.8 Å². The first-order valence-corrected chi connectivity index (χ1v) is 7.05. The van der Waals surface area contributed by atoms with Crippen LogP contribution in [0.25, 0.3) is 0 Å². The first kappa shape index (κ1) is 13.9. The number of hydrogen-bond acceptors (Lipinski definition) is 4. The highest BCUT2D eigenvalue weighted by Crippen LogP contribution is 2.30. The van der Waals surface area contributed by atoms with Crippen molar-refractivity contribution in [3.05, 3.63) is 34.9 Å². The lowest BCUT2D eigenvalue weighted by atomic mass is 9.88. The van der Waals surface area contributed by atoms with Crippen LogP contribution in [0, 0.1) is 0 Å². The molecule has 0 saturated carbocycles. The number of ketones is 1. The summed E-state index contributed by atoms with van der Waals surface area (Å²) in [7, 11) is 1.46. The molecular formula is C16H17NO4. The third-order valence-electron chi connectivity index (χ3n) is 4.32. The summed E-state index contributed by atoms with van der Waals surface area (Å²) in [4.78, 5) is 37.5. The Labute approximate surface area is 122 Å². The molecular weight excluding hydrogens is 270 g/mol. The maximum Gasteiger partial charge on any atom is 0.260 e. The Morgan fingerprint density at radius 2 is 2.10 bits per heavy atom. The minimum absolute atomic E-state index is 0.102. The lowest BCUT2D eigenvalue weighted by molar-refractivity contribution is -0.127. The molecule has 0 radical (unpaired) electrons. The second-order valence-corrected chi connectivity index (χ2v) is 5.82. The van der Waals surface area contributed by atoms with E-state index in [-0.39, 0.29) is 24.0 Å². The molecule has 0 N–H and O–H groups in total. The Morgan fingerprint density at radius 3 is 2.76 bits per heavy atom. The summed E-state index contributed by atoms with van der Waals surface area (Å²) in [5.41, 5.74) is 0.782. The molecule has 0 aromatic heterocycles. The molecule has 5 nitrogen and oxygen atoms in total. The van der Waals surface area contributed by atoms with Gasteiger partial charge in [0.15, 0.2) is 5.78 Å². The van der Waals surface area contributed by atoms with Gasteiger partial charge in [0.1, 0.15) is 5.60 Å². The molecule has 1 unspecified atom stereocenters. The maximum absolute atomic E-state index is 12.6. The number of Topliss-reactive ketones (excluding diaryl/α,β-unsaturated/α-hetero) is 1. The fraction of sp³-hybridized carbons (Fsp3) is 0.438. The van der Waals surface area contributed by atoms with Crippen LogP contribution in [-0.2, 0) is 16.0 Å². The number of hydrogen-bond donors (Lipinski definition) is 0. The van der Waals surface area contributed by atoms with Crippen molar-refractivity contribution in [2.45, 2.75) is 31.8 Å². The standard InChI is InChI=1S/C16H17NO4/c1-16(6-3-7-21-16)14(19)11-5-4-10-9-13(18)17(2)15(20)12(10)8-11/h4-5,8H,3,6-7,9H2,1-2H3. The summed E-state index contributed by atoms with van der Waals surface area (Å²) in [6.45, 7) is 2.38. The molecule has 2 amide bonds. The Kier molecular flexibility index (Phi) is 3.17. The smallest absolute Gasteiger partial charge is 0.260 e. The Morgan fingerprint density at radius 1 is 1.33 bits per heavy atom. The van der Waals surface area contributed by atoms with Gasteiger partial charge in [-0.15, -0.1) is 0 Å². The van der Waals surface area contributed by atoms with Gasteiger partial charge in [0.05, 0.1) is 6.42 Å². The van der Waals surface area contributed by atoms with Gasteiger partial charge in [0.2, 0.25) is 5.91 Å². The second-order valence-electron chi connectivity index (χ2n) is 5.82. The number of fused-ring (bicyclic) bond motifs is 1. The Bertz CT molecular complexity index is 644. The van der Waals surface area contributed by atoms with Gasteiger partial charge in [0.25, 0.3) is 5.91 Å². The van der Waals surface area contributed by atoms with E-state index in [4.69, 9.17) is 4.74 Å². The number of benzene rings is 1. The Balaban J connectivity index is 1.98. The van der Waals surface area contributed by atoms with Crippen molar-refractivity contribution < 1.29 is 19.1 Å². The summed E-state index contributed by atoms with van der Waals surface area (Å²) in [5.74, 6) is -0.679. The van der Waals surface area contributed by atoms with Gasteiger partial charge in [-0.3, -0.25) is 19.3 Å². The first-order chi connectivity index (χ1) is 9.92. The van der Waals surface area contributed by atoms with Gasteiger partial charge in [-0.05, 0) is 31.4 Å². The molecule has 2 aliphatic rings. The van der Waals surface area contributed by atoms with Crippen molar-refractivity contribution in [1.29, 1.82) is 0 Å². The van der Waals surface area contributed by atoms with Gasteiger partial charge in [-0.1, -0.05) is 12.1 Å². The average molecular weight is 287 g/mol. The van der Waals surface area contributed by atoms with Crippen molar-refractivity contribution >= 4 is 17.6 Å². The van der Waals surface area contributed by atoms with Gasteiger partial charge in [-0.25, -0.2) is 0 Å². The molecule has 1 aromatic rings. The molecule has 1 atom stereocenters. The fourth-order valence-corrected chi connectivity index (χ4v) is 2.91. The van der Waals surface area contributed by atoms with E-state index in [1.165, 1.54) is 7.05 Å². The van der Waals surface area contributed by atoms with Gasteiger partial charge in [0, 0.05) is 24.8 Å². The average Bonchev–Trinajstić information content (AvgIpc) is 2.92. The molecule has 3 rings (SSSR count). The second kappa shape index (κ2) is 4.77. The largest absolute Gasteiger partial charge is 0.367 e. The third-order valence-corrected chi connectivity index (χ3v) is 4.32. The van der Waals surface area contributed by atoms with Crippen molar-refractivity contribution in [1.82, 2.24) is 4.90 Å². The monoisotopic (exact) mass is 287 g/mol. The van der Waals surface area contributed by atoms with Crippen LogP contribution in [0.15, 0.2) is 18.2 Å². The normalized spacial score (nSPS) is 25.1. The first-order valence-electron chi connectivity index (χ1n) is 7.05. The van der Waals surface area contributed by atoms with Gasteiger partial charge in [-0.2, -0.15) is 0 Å². The third kappa shape index (κ3) is 2.17. The number of ether oxygens (including phenoxy) is 1. The number of imide groups is 1. The van der Waals surface area contributed by atoms with Crippen LogP contribution in [0.1, 0.15) is 46.0 Å². The number of rotatable bonds is 2. The van der Waals surface area contributed by atoms with E-state index in [2.05, 4.69) is 0 Å². The summed E-state index contributed by atoms with van der Waals surface area (Å²) >= 11 is 0. The fourth-order valence-electron chi connectivity index (χ4n) is 2.91. The topological polar surface area (TPSA) is 63.7 Å². The van der Waals surface area contributed by atoms with Crippen LogP contribution < -0.4 is 0 Å². The van der Waals surface area contributed by atoms with Crippen LogP contribution in [0.3, 0.4) is 0 Å². The van der Waals surface area contributed by atoms with Crippen LogP contribution >= 0.6 is 0 Å². The van der Waals surface area contributed by atoms with Crippen molar-refractivity contribution in [2.24, 2.45) is 0 Å². The van der Waals surface area contributed by atoms with Crippen LogP contribution in [0.4, 0.5) is 0 Å². The van der Waals surface area contributed by atoms with Gasteiger partial charge < -0.3 is 4.74 Å². The van der Waals surface area contributed by atoms with E-state index < -0.39 is 5.60 Å². The zero-order chi connectivity index (χ0) is 15.2.